The fourth-order valence-electron chi connectivity index (χ4n) is 5.14. The number of Topliss-reactive ketones (excluding diaryl/α,β-unsaturated/α-hetero) is 1. The molecule has 0 N–H and O–H groups in total. The number of carbonyl (C=O) groups excluding carboxylic acids is 1. The smallest absolute Gasteiger partial charge is 0.169 e. The summed E-state index contributed by atoms with van der Waals surface area (Å²) in [6.45, 7) is 0.582. The SMILES string of the molecule is O=C(CC1=N[C@@]2(c3ccccc3F)CCC(OCc3ccccc3)C[C@H]2CS1)c1ccccc1. The minimum Gasteiger partial charge on any atom is -0.374 e. The highest BCUT2D eigenvalue weighted by Gasteiger charge is 2.48. The summed E-state index contributed by atoms with van der Waals surface area (Å²) in [5, 5.41) is 0.803. The van der Waals surface area contributed by atoms with Crippen LogP contribution < -0.4 is 0 Å². The summed E-state index contributed by atoms with van der Waals surface area (Å²) in [5.41, 5.74) is 1.85. The Balaban J connectivity index is 1.38. The molecule has 1 saturated carbocycles. The third kappa shape index (κ3) is 4.86. The number of hydrogen-bond donors (Lipinski definition) is 0. The first-order valence-electron chi connectivity index (χ1n) is 11.8. The molecule has 1 heterocycles. The predicted molar refractivity (Wildman–Crippen MR) is 136 cm³/mol. The number of halogens is 1. The highest BCUT2D eigenvalue weighted by atomic mass is 32.2. The van der Waals surface area contributed by atoms with Gasteiger partial charge in [-0.15, -0.1) is 11.8 Å². The summed E-state index contributed by atoms with van der Waals surface area (Å²) in [6.07, 6.45) is 2.73. The first-order valence-corrected chi connectivity index (χ1v) is 12.8. The lowest BCUT2D eigenvalue weighted by molar-refractivity contribution is -0.0168. The van der Waals surface area contributed by atoms with E-state index in [0.29, 0.717) is 24.2 Å². The largest absolute Gasteiger partial charge is 0.374 e. The van der Waals surface area contributed by atoms with E-state index in [0.717, 1.165) is 29.2 Å². The van der Waals surface area contributed by atoms with Crippen LogP contribution in [0.25, 0.3) is 0 Å². The normalized spacial score (nSPS) is 24.2. The maximum absolute atomic E-state index is 15.1. The van der Waals surface area contributed by atoms with Crippen LogP contribution in [0.1, 0.15) is 47.2 Å². The van der Waals surface area contributed by atoms with Crippen molar-refractivity contribution in [1.82, 2.24) is 0 Å². The number of thioether (sulfide) groups is 1. The molecule has 1 aliphatic heterocycles. The number of rotatable bonds is 7. The van der Waals surface area contributed by atoms with E-state index in [1.54, 1.807) is 17.8 Å². The molecule has 2 aliphatic rings. The molecule has 0 radical (unpaired) electrons. The topological polar surface area (TPSA) is 38.7 Å². The molecule has 0 bridgehead atoms. The number of nitrogens with zero attached hydrogens (tertiary/aromatic N) is 1. The highest BCUT2D eigenvalue weighted by molar-refractivity contribution is 8.14. The van der Waals surface area contributed by atoms with Crippen molar-refractivity contribution in [3.05, 3.63) is 107 Å². The van der Waals surface area contributed by atoms with Gasteiger partial charge in [-0.2, -0.15) is 0 Å². The predicted octanol–water partition coefficient (Wildman–Crippen LogP) is 6.82. The van der Waals surface area contributed by atoms with Gasteiger partial charge in [0, 0.05) is 22.8 Å². The molecule has 3 aromatic carbocycles. The van der Waals surface area contributed by atoms with E-state index < -0.39 is 5.54 Å². The lowest BCUT2D eigenvalue weighted by Gasteiger charge is -2.47. The molecule has 0 saturated heterocycles. The van der Waals surface area contributed by atoms with Crippen LogP contribution in [-0.4, -0.2) is 22.7 Å². The molecule has 0 spiro atoms. The van der Waals surface area contributed by atoms with Crippen LogP contribution in [0.2, 0.25) is 0 Å². The Hall–Kier alpha value is -2.76. The number of aliphatic imine (C=N–C) groups is 1. The van der Waals surface area contributed by atoms with Crippen LogP contribution in [-0.2, 0) is 16.9 Å². The number of benzene rings is 3. The monoisotopic (exact) mass is 473 g/mol. The van der Waals surface area contributed by atoms with E-state index in [1.807, 2.05) is 60.7 Å². The van der Waals surface area contributed by atoms with E-state index in [1.165, 1.54) is 6.07 Å². The molecule has 3 atom stereocenters. The molecule has 1 unspecified atom stereocenters. The van der Waals surface area contributed by atoms with Gasteiger partial charge >= 0.3 is 0 Å². The van der Waals surface area contributed by atoms with Gasteiger partial charge in [-0.25, -0.2) is 4.39 Å². The van der Waals surface area contributed by atoms with Gasteiger partial charge in [0.1, 0.15) is 5.82 Å². The average Bonchev–Trinajstić information content (AvgIpc) is 2.88. The van der Waals surface area contributed by atoms with Crippen molar-refractivity contribution in [2.45, 2.75) is 43.9 Å². The van der Waals surface area contributed by atoms with Gasteiger partial charge < -0.3 is 4.74 Å². The first kappa shape index (κ1) is 23.0. The van der Waals surface area contributed by atoms with Gasteiger partial charge in [-0.1, -0.05) is 78.9 Å². The van der Waals surface area contributed by atoms with Crippen molar-refractivity contribution in [1.29, 1.82) is 0 Å². The number of hydrogen-bond acceptors (Lipinski definition) is 4. The second kappa shape index (κ2) is 10.2. The van der Waals surface area contributed by atoms with Crippen LogP contribution in [0.5, 0.6) is 0 Å². The molecular weight excluding hydrogens is 445 g/mol. The van der Waals surface area contributed by atoms with Crippen molar-refractivity contribution < 1.29 is 13.9 Å². The lowest BCUT2D eigenvalue weighted by atomic mass is 9.68. The maximum Gasteiger partial charge on any atom is 0.169 e. The van der Waals surface area contributed by atoms with Gasteiger partial charge in [0.15, 0.2) is 5.78 Å². The van der Waals surface area contributed by atoms with Gasteiger partial charge in [-0.3, -0.25) is 9.79 Å². The fourth-order valence-corrected chi connectivity index (χ4v) is 6.41. The number of carbonyl (C=O) groups is 1. The summed E-state index contributed by atoms with van der Waals surface area (Å²) in [6, 6.07) is 26.5. The van der Waals surface area contributed by atoms with Crippen molar-refractivity contribution in [3.8, 4) is 0 Å². The summed E-state index contributed by atoms with van der Waals surface area (Å²) < 4.78 is 21.4. The van der Waals surface area contributed by atoms with Gasteiger partial charge in [-0.05, 0) is 30.9 Å². The van der Waals surface area contributed by atoms with Gasteiger partial charge in [0.05, 0.1) is 29.7 Å². The minimum absolute atomic E-state index is 0.0499. The summed E-state index contributed by atoms with van der Waals surface area (Å²) >= 11 is 1.64. The van der Waals surface area contributed by atoms with Crippen LogP contribution in [0, 0.1) is 11.7 Å². The Labute approximate surface area is 204 Å². The highest BCUT2D eigenvalue weighted by Crippen LogP contribution is 2.51. The molecule has 34 heavy (non-hydrogen) atoms. The molecular formula is C29H28FNO2S. The van der Waals surface area contributed by atoms with E-state index >= 15 is 4.39 Å². The Bertz CT molecular complexity index is 1170. The van der Waals surface area contributed by atoms with Crippen LogP contribution in [0.4, 0.5) is 4.39 Å². The number of ketones is 1. The van der Waals surface area contributed by atoms with Crippen molar-refractivity contribution in [2.75, 3.05) is 5.75 Å². The van der Waals surface area contributed by atoms with Gasteiger partial charge in [0.2, 0.25) is 0 Å². The van der Waals surface area contributed by atoms with Crippen molar-refractivity contribution in [3.63, 3.8) is 0 Å². The van der Waals surface area contributed by atoms with Crippen molar-refractivity contribution >= 4 is 22.6 Å². The zero-order valence-corrected chi connectivity index (χ0v) is 19.8. The number of fused-ring (bicyclic) bond motifs is 1. The van der Waals surface area contributed by atoms with E-state index in [9.17, 15) is 4.79 Å². The maximum atomic E-state index is 15.1. The molecule has 3 nitrogen and oxygen atoms in total. The Morgan fingerprint density at radius 3 is 2.47 bits per heavy atom. The first-order chi connectivity index (χ1) is 16.6. The van der Waals surface area contributed by atoms with Crippen LogP contribution in [0.3, 0.4) is 0 Å². The third-order valence-electron chi connectivity index (χ3n) is 6.92. The molecule has 174 valence electrons. The van der Waals surface area contributed by atoms with Crippen LogP contribution >= 0.6 is 11.8 Å². The number of ether oxygens (including phenoxy) is 1. The fraction of sp³-hybridized carbons (Fsp3) is 0.310. The van der Waals surface area contributed by atoms with E-state index in [4.69, 9.17) is 9.73 Å². The average molecular weight is 474 g/mol. The third-order valence-corrected chi connectivity index (χ3v) is 8.06. The summed E-state index contributed by atoms with van der Waals surface area (Å²) in [4.78, 5) is 18.0. The molecule has 5 rings (SSSR count). The molecule has 1 aliphatic carbocycles. The minimum atomic E-state index is -0.643. The summed E-state index contributed by atoms with van der Waals surface area (Å²) in [5.74, 6) is 0.786. The van der Waals surface area contributed by atoms with Gasteiger partial charge in [0.25, 0.3) is 0 Å². The zero-order valence-electron chi connectivity index (χ0n) is 19.0. The van der Waals surface area contributed by atoms with E-state index in [2.05, 4.69) is 12.1 Å². The van der Waals surface area contributed by atoms with Crippen molar-refractivity contribution in [2.24, 2.45) is 10.9 Å². The quantitative estimate of drug-likeness (QED) is 0.353. The lowest BCUT2D eigenvalue weighted by Crippen LogP contribution is -2.46. The summed E-state index contributed by atoms with van der Waals surface area (Å²) in [7, 11) is 0. The Morgan fingerprint density at radius 2 is 1.71 bits per heavy atom. The molecule has 0 aromatic heterocycles. The zero-order chi connectivity index (χ0) is 23.4. The second-order valence-electron chi connectivity index (χ2n) is 9.08. The standard InChI is InChI=1S/C29H28FNO2S/c30-26-14-8-7-13-25(26)29-16-15-24(33-19-21-9-3-1-4-10-21)17-23(29)20-34-28(31-29)18-27(32)22-11-5-2-6-12-22/h1-14,23-24H,15-20H2/t23-,24?,29-/m0/s1. The van der Waals surface area contributed by atoms with E-state index in [-0.39, 0.29) is 30.0 Å². The van der Waals surface area contributed by atoms with Crippen LogP contribution in [0.15, 0.2) is 89.9 Å². The Morgan fingerprint density at radius 1 is 1.00 bits per heavy atom. The molecule has 0 amide bonds. The molecule has 3 aromatic rings. The molecule has 5 heteroatoms. The molecule has 1 fully saturated rings. The Kier molecular flexibility index (Phi) is 6.93. The second-order valence-corrected chi connectivity index (χ2v) is 10.2.